The first-order valence-electron chi connectivity index (χ1n) is 2.22. The second kappa shape index (κ2) is 3.91. The van der Waals surface area contributed by atoms with Gasteiger partial charge in [0.25, 0.3) is 0 Å². The summed E-state index contributed by atoms with van der Waals surface area (Å²) >= 11 is 0. The zero-order valence-corrected chi connectivity index (χ0v) is 7.85. The summed E-state index contributed by atoms with van der Waals surface area (Å²) in [6.45, 7) is 1.77. The van der Waals surface area contributed by atoms with Crippen molar-refractivity contribution in [1.29, 1.82) is 0 Å². The SMILES string of the molecule is Cc1[c-]c(=O)[nH]nc1.[Y]. The standard InChI is InChI=1S/C5H5N2O.Y/c1-4-2-5(8)7-6-3-4;/h3H,1H3,(H,7,8);/q-1;. The molecule has 0 amide bonds. The zero-order valence-electron chi connectivity index (χ0n) is 5.01. The van der Waals surface area contributed by atoms with Crippen LogP contribution in [-0.4, -0.2) is 10.2 Å². The minimum absolute atomic E-state index is 0. The van der Waals surface area contributed by atoms with Crippen LogP contribution in [0, 0.1) is 13.0 Å². The fourth-order valence-electron chi connectivity index (χ4n) is 0.427. The monoisotopic (exact) mass is 198 g/mol. The smallest absolute Gasteiger partial charge is 0.171 e. The summed E-state index contributed by atoms with van der Waals surface area (Å²) in [5.41, 5.74) is 0.485. The Labute approximate surface area is 77.7 Å². The summed E-state index contributed by atoms with van der Waals surface area (Å²) in [5.74, 6) is 0. The van der Waals surface area contributed by atoms with Crippen molar-refractivity contribution in [1.82, 2.24) is 10.2 Å². The van der Waals surface area contributed by atoms with E-state index >= 15 is 0 Å². The third-order valence-corrected chi connectivity index (χ3v) is 0.735. The molecule has 0 saturated carbocycles. The van der Waals surface area contributed by atoms with Crippen molar-refractivity contribution < 1.29 is 32.7 Å². The number of rotatable bonds is 0. The van der Waals surface area contributed by atoms with Gasteiger partial charge in [-0.3, -0.25) is 15.0 Å². The minimum atomic E-state index is -0.273. The number of aryl methyl sites for hydroxylation is 1. The number of H-pyrrole nitrogens is 1. The summed E-state index contributed by atoms with van der Waals surface area (Å²) in [6, 6.07) is 2.50. The molecule has 0 aliphatic carbocycles. The average molecular weight is 198 g/mol. The van der Waals surface area contributed by atoms with Crippen molar-refractivity contribution in [3.63, 3.8) is 0 Å². The van der Waals surface area contributed by atoms with Crippen LogP contribution in [0.2, 0.25) is 0 Å². The van der Waals surface area contributed by atoms with Crippen molar-refractivity contribution in [3.8, 4) is 0 Å². The number of hydrogen-bond acceptors (Lipinski definition) is 2. The molecule has 1 N–H and O–H groups in total. The molecule has 1 radical (unpaired) electrons. The van der Waals surface area contributed by atoms with Gasteiger partial charge in [-0.25, -0.2) is 0 Å². The van der Waals surface area contributed by atoms with E-state index in [1.807, 2.05) is 0 Å². The molecule has 3 nitrogen and oxygen atoms in total. The molecule has 0 spiro atoms. The van der Waals surface area contributed by atoms with E-state index in [0.717, 1.165) is 5.56 Å². The van der Waals surface area contributed by atoms with Crippen molar-refractivity contribution in [2.24, 2.45) is 0 Å². The van der Waals surface area contributed by atoms with E-state index in [-0.39, 0.29) is 38.3 Å². The normalized spacial score (nSPS) is 8.11. The third-order valence-electron chi connectivity index (χ3n) is 0.735. The summed E-state index contributed by atoms with van der Waals surface area (Å²) in [7, 11) is 0. The van der Waals surface area contributed by atoms with Gasteiger partial charge in [0.15, 0.2) is 5.56 Å². The fraction of sp³-hybridized carbons (Fsp3) is 0.200. The first-order valence-corrected chi connectivity index (χ1v) is 2.22. The van der Waals surface area contributed by atoms with Gasteiger partial charge in [0.2, 0.25) is 0 Å². The van der Waals surface area contributed by atoms with Crippen LogP contribution in [0.1, 0.15) is 5.56 Å². The van der Waals surface area contributed by atoms with Crippen molar-refractivity contribution >= 4 is 0 Å². The van der Waals surface area contributed by atoms with Gasteiger partial charge in [-0.1, -0.05) is 13.1 Å². The molecular formula is C5H5N2OY-. The van der Waals surface area contributed by atoms with Gasteiger partial charge >= 0.3 is 0 Å². The number of aromatic nitrogens is 2. The molecule has 0 unspecified atom stereocenters. The summed E-state index contributed by atoms with van der Waals surface area (Å²) < 4.78 is 0. The largest absolute Gasteiger partial charge is 0.291 e. The Balaban J connectivity index is 0.000000640. The summed E-state index contributed by atoms with van der Waals surface area (Å²) in [4.78, 5) is 10.3. The van der Waals surface area contributed by atoms with Crippen molar-refractivity contribution in [2.45, 2.75) is 6.92 Å². The quantitative estimate of drug-likeness (QED) is 0.590. The molecule has 1 rings (SSSR count). The summed E-state index contributed by atoms with van der Waals surface area (Å²) in [5, 5.41) is 5.73. The van der Waals surface area contributed by atoms with Crippen LogP contribution in [0.3, 0.4) is 0 Å². The molecule has 1 heterocycles. The Kier molecular flexibility index (Phi) is 3.90. The van der Waals surface area contributed by atoms with E-state index in [4.69, 9.17) is 0 Å². The maximum Gasteiger partial charge on any atom is 0.171 e. The molecule has 0 aromatic carbocycles. The molecule has 1 aromatic rings. The zero-order chi connectivity index (χ0) is 5.98. The predicted octanol–water partition coefficient (Wildman–Crippen LogP) is -0.124. The summed E-state index contributed by atoms with van der Waals surface area (Å²) in [6.07, 6.45) is 1.54. The number of aromatic amines is 1. The van der Waals surface area contributed by atoms with E-state index in [1.54, 1.807) is 13.1 Å². The molecular weight excluding hydrogens is 193 g/mol. The third kappa shape index (κ3) is 2.87. The molecule has 1 aromatic heterocycles. The minimum Gasteiger partial charge on any atom is -0.291 e. The van der Waals surface area contributed by atoms with Crippen LogP contribution in [0.15, 0.2) is 11.0 Å². The molecule has 0 aliphatic rings. The molecule has 0 aliphatic heterocycles. The maximum atomic E-state index is 10.3. The Morgan fingerprint density at radius 1 is 1.78 bits per heavy atom. The van der Waals surface area contributed by atoms with Crippen molar-refractivity contribution in [3.05, 3.63) is 28.2 Å². The Morgan fingerprint density at radius 2 is 2.44 bits per heavy atom. The van der Waals surface area contributed by atoms with Crippen LogP contribution >= 0.6 is 0 Å². The van der Waals surface area contributed by atoms with Crippen LogP contribution in [-0.2, 0) is 32.7 Å². The predicted molar refractivity (Wildman–Crippen MR) is 28.4 cm³/mol. The Morgan fingerprint density at radius 3 is 2.78 bits per heavy atom. The van der Waals surface area contributed by atoms with Crippen LogP contribution < -0.4 is 5.56 Å². The van der Waals surface area contributed by atoms with Gasteiger partial charge < -0.3 is 0 Å². The topological polar surface area (TPSA) is 45.8 Å². The Hall–Kier alpha value is -0.0161. The van der Waals surface area contributed by atoms with E-state index in [1.165, 1.54) is 0 Å². The molecule has 45 valence electrons. The molecule has 0 bridgehead atoms. The fourth-order valence-corrected chi connectivity index (χ4v) is 0.427. The molecule has 9 heavy (non-hydrogen) atoms. The number of hydrogen-bond donors (Lipinski definition) is 1. The van der Waals surface area contributed by atoms with Gasteiger partial charge in [-0.05, 0) is 0 Å². The second-order valence-corrected chi connectivity index (χ2v) is 1.51. The van der Waals surface area contributed by atoms with Crippen LogP contribution in [0.4, 0.5) is 0 Å². The first-order chi connectivity index (χ1) is 3.79. The number of nitrogens with zero attached hydrogens (tertiary/aromatic N) is 1. The van der Waals surface area contributed by atoms with Gasteiger partial charge in [-0.2, -0.15) is 11.6 Å². The Bertz CT molecular complexity index is 232. The van der Waals surface area contributed by atoms with Crippen LogP contribution in [0.5, 0.6) is 0 Å². The van der Waals surface area contributed by atoms with E-state index < -0.39 is 0 Å². The molecule has 4 heteroatoms. The number of nitrogens with one attached hydrogen (secondary N) is 1. The van der Waals surface area contributed by atoms with E-state index in [2.05, 4.69) is 16.3 Å². The first kappa shape index (κ1) is 8.98. The van der Waals surface area contributed by atoms with Crippen molar-refractivity contribution in [2.75, 3.05) is 0 Å². The maximum absolute atomic E-state index is 10.3. The van der Waals surface area contributed by atoms with E-state index in [0.29, 0.717) is 0 Å². The average Bonchev–Trinajstić information content (AvgIpc) is 1.64. The molecule has 0 atom stereocenters. The van der Waals surface area contributed by atoms with E-state index in [9.17, 15) is 4.79 Å². The van der Waals surface area contributed by atoms with Gasteiger partial charge in [0.05, 0.1) is 0 Å². The second-order valence-electron chi connectivity index (χ2n) is 1.51. The van der Waals surface area contributed by atoms with Crippen LogP contribution in [0.25, 0.3) is 0 Å². The van der Waals surface area contributed by atoms with Gasteiger partial charge in [0, 0.05) is 32.7 Å². The molecule has 0 fully saturated rings. The van der Waals surface area contributed by atoms with Gasteiger partial charge in [-0.15, -0.1) is 0 Å². The van der Waals surface area contributed by atoms with Gasteiger partial charge in [0.1, 0.15) is 0 Å². The molecule has 0 saturated heterocycles.